The van der Waals surface area contributed by atoms with Gasteiger partial charge in [-0.3, -0.25) is 4.79 Å². The third-order valence-electron chi connectivity index (χ3n) is 4.15. The zero-order chi connectivity index (χ0) is 18.5. The van der Waals surface area contributed by atoms with Crippen molar-refractivity contribution in [1.29, 1.82) is 0 Å². The Morgan fingerprint density at radius 3 is 2.77 bits per heavy atom. The lowest BCUT2D eigenvalue weighted by molar-refractivity contribution is -0.116. The summed E-state index contributed by atoms with van der Waals surface area (Å²) in [6, 6.07) is 9.91. The first kappa shape index (κ1) is 17.6. The van der Waals surface area contributed by atoms with E-state index in [9.17, 15) is 15.0 Å². The maximum atomic E-state index is 11.9. The molecule has 0 spiro atoms. The van der Waals surface area contributed by atoms with Crippen molar-refractivity contribution in [2.24, 2.45) is 0 Å². The summed E-state index contributed by atoms with van der Waals surface area (Å²) < 4.78 is 0. The molecule has 1 aromatic heterocycles. The number of hydrogen-bond acceptors (Lipinski definition) is 4. The molecule has 3 aromatic rings. The number of hydrogen-bond donors (Lipinski definition) is 5. The fourth-order valence-electron chi connectivity index (χ4n) is 2.76. The number of aliphatic hydroxyl groups is 1. The Labute approximate surface area is 150 Å². The number of amides is 1. The smallest absolute Gasteiger partial charge is 0.244 e. The largest absolute Gasteiger partial charge is 0.508 e. The second kappa shape index (κ2) is 7.76. The van der Waals surface area contributed by atoms with Gasteiger partial charge >= 0.3 is 0 Å². The number of rotatable bonds is 6. The van der Waals surface area contributed by atoms with E-state index in [0.29, 0.717) is 24.1 Å². The average Bonchev–Trinajstić information content (AvgIpc) is 3.03. The molecule has 0 bridgehead atoms. The second-order valence-electron chi connectivity index (χ2n) is 5.96. The van der Waals surface area contributed by atoms with Gasteiger partial charge in [-0.2, -0.15) is 0 Å². The van der Waals surface area contributed by atoms with E-state index in [1.807, 2.05) is 12.3 Å². The summed E-state index contributed by atoms with van der Waals surface area (Å²) >= 11 is 0. The van der Waals surface area contributed by atoms with Gasteiger partial charge in [0.1, 0.15) is 11.5 Å². The van der Waals surface area contributed by atoms with Gasteiger partial charge in [-0.25, -0.2) is 0 Å². The second-order valence-corrected chi connectivity index (χ2v) is 5.96. The SMILES string of the molecule is O=C(/C=C/c1ccc(O)c(CO)c1)NCCc1c[nH]c2ccc(O)cc12. The molecule has 26 heavy (non-hydrogen) atoms. The van der Waals surface area contributed by atoms with Crippen molar-refractivity contribution in [3.05, 3.63) is 65.4 Å². The molecule has 0 fully saturated rings. The Morgan fingerprint density at radius 1 is 1.12 bits per heavy atom. The summed E-state index contributed by atoms with van der Waals surface area (Å²) in [5.74, 6) is 0.00615. The molecule has 6 heteroatoms. The van der Waals surface area contributed by atoms with Crippen LogP contribution in [0.2, 0.25) is 0 Å². The normalized spacial score (nSPS) is 11.3. The van der Waals surface area contributed by atoms with Crippen molar-refractivity contribution in [2.45, 2.75) is 13.0 Å². The van der Waals surface area contributed by atoms with Gasteiger partial charge in [0.2, 0.25) is 5.91 Å². The summed E-state index contributed by atoms with van der Waals surface area (Å²) in [6.07, 6.45) is 5.54. The molecule has 6 nitrogen and oxygen atoms in total. The number of phenolic OH excluding ortho intramolecular Hbond substituents is 1. The summed E-state index contributed by atoms with van der Waals surface area (Å²) in [5, 5.41) is 32.0. The van der Waals surface area contributed by atoms with E-state index in [2.05, 4.69) is 10.3 Å². The van der Waals surface area contributed by atoms with Crippen LogP contribution in [0.15, 0.2) is 48.7 Å². The molecule has 2 aromatic carbocycles. The standard InChI is InChI=1S/C20H20N2O4/c23-12-15-9-13(1-5-19(15)25)2-6-20(26)21-8-7-14-11-22-18-4-3-16(24)10-17(14)18/h1-6,9-11,22-25H,7-8,12H2,(H,21,26)/b6-2+. The van der Waals surface area contributed by atoms with E-state index in [1.165, 1.54) is 12.1 Å². The molecule has 0 aliphatic carbocycles. The first-order valence-corrected chi connectivity index (χ1v) is 8.24. The number of aromatic nitrogens is 1. The molecule has 0 radical (unpaired) electrons. The molecular formula is C20H20N2O4. The fourth-order valence-corrected chi connectivity index (χ4v) is 2.76. The Bertz CT molecular complexity index is 960. The number of nitrogens with one attached hydrogen (secondary N) is 2. The summed E-state index contributed by atoms with van der Waals surface area (Å²) in [4.78, 5) is 15.1. The molecule has 3 rings (SSSR count). The van der Waals surface area contributed by atoms with Crippen LogP contribution >= 0.6 is 0 Å². The van der Waals surface area contributed by atoms with Gasteiger partial charge in [-0.1, -0.05) is 6.07 Å². The number of benzene rings is 2. The molecule has 0 unspecified atom stereocenters. The summed E-state index contributed by atoms with van der Waals surface area (Å²) in [5.41, 5.74) is 3.09. The van der Waals surface area contributed by atoms with Gasteiger partial charge in [0.25, 0.3) is 0 Å². The topological polar surface area (TPSA) is 106 Å². The van der Waals surface area contributed by atoms with Gasteiger partial charge in [0, 0.05) is 35.3 Å². The maximum absolute atomic E-state index is 11.9. The molecule has 0 saturated carbocycles. The van der Waals surface area contributed by atoms with Crippen LogP contribution in [-0.2, 0) is 17.8 Å². The molecule has 0 aliphatic rings. The van der Waals surface area contributed by atoms with Crippen LogP contribution in [0, 0.1) is 0 Å². The molecule has 0 aliphatic heterocycles. The summed E-state index contributed by atoms with van der Waals surface area (Å²) in [6.45, 7) is 0.198. The quantitative estimate of drug-likeness (QED) is 0.439. The zero-order valence-corrected chi connectivity index (χ0v) is 14.1. The first-order chi connectivity index (χ1) is 12.6. The van der Waals surface area contributed by atoms with Gasteiger partial charge < -0.3 is 25.6 Å². The lowest BCUT2D eigenvalue weighted by atomic mass is 10.1. The van der Waals surface area contributed by atoms with Gasteiger partial charge in [-0.05, 0) is 54.0 Å². The minimum Gasteiger partial charge on any atom is -0.508 e. The number of aromatic hydroxyl groups is 2. The lowest BCUT2D eigenvalue weighted by Crippen LogP contribution is -2.23. The van der Waals surface area contributed by atoms with Crippen LogP contribution in [-0.4, -0.2) is 32.8 Å². The third kappa shape index (κ3) is 4.04. The van der Waals surface area contributed by atoms with Gasteiger partial charge in [-0.15, -0.1) is 0 Å². The number of carbonyl (C=O) groups excluding carboxylic acids is 1. The van der Waals surface area contributed by atoms with Crippen LogP contribution in [0.4, 0.5) is 0 Å². The molecule has 0 saturated heterocycles. The number of phenols is 2. The predicted molar refractivity (Wildman–Crippen MR) is 99.7 cm³/mol. The van der Waals surface area contributed by atoms with Crippen LogP contribution in [0.1, 0.15) is 16.7 Å². The van der Waals surface area contributed by atoms with Gasteiger partial charge in [0.15, 0.2) is 0 Å². The Hall–Kier alpha value is -3.25. The van der Waals surface area contributed by atoms with E-state index < -0.39 is 0 Å². The third-order valence-corrected chi connectivity index (χ3v) is 4.15. The highest BCUT2D eigenvalue weighted by atomic mass is 16.3. The molecule has 134 valence electrons. The van der Waals surface area contributed by atoms with E-state index in [1.54, 1.807) is 30.3 Å². The number of fused-ring (bicyclic) bond motifs is 1. The van der Waals surface area contributed by atoms with Crippen molar-refractivity contribution >= 4 is 22.9 Å². The Morgan fingerprint density at radius 2 is 1.96 bits per heavy atom. The predicted octanol–water partition coefficient (Wildman–Crippen LogP) is 2.44. The maximum Gasteiger partial charge on any atom is 0.244 e. The van der Waals surface area contributed by atoms with Crippen LogP contribution in [0.3, 0.4) is 0 Å². The number of H-pyrrole nitrogens is 1. The molecular weight excluding hydrogens is 332 g/mol. The van der Waals surface area contributed by atoms with E-state index >= 15 is 0 Å². The van der Waals surface area contributed by atoms with Crippen LogP contribution < -0.4 is 5.32 Å². The Balaban J connectivity index is 1.56. The zero-order valence-electron chi connectivity index (χ0n) is 14.1. The van der Waals surface area contributed by atoms with Gasteiger partial charge in [0.05, 0.1) is 6.61 Å². The average molecular weight is 352 g/mol. The van der Waals surface area contributed by atoms with Crippen LogP contribution in [0.25, 0.3) is 17.0 Å². The molecule has 1 heterocycles. The van der Waals surface area contributed by atoms with E-state index in [4.69, 9.17) is 5.11 Å². The van der Waals surface area contributed by atoms with Crippen molar-refractivity contribution in [1.82, 2.24) is 10.3 Å². The van der Waals surface area contributed by atoms with E-state index in [0.717, 1.165) is 16.5 Å². The molecule has 1 amide bonds. The van der Waals surface area contributed by atoms with Crippen molar-refractivity contribution < 1.29 is 20.1 Å². The monoisotopic (exact) mass is 352 g/mol. The highest BCUT2D eigenvalue weighted by Gasteiger charge is 2.05. The lowest BCUT2D eigenvalue weighted by Gasteiger charge is -2.03. The minimum absolute atomic E-state index is 0.0267. The highest BCUT2D eigenvalue weighted by molar-refractivity contribution is 5.91. The highest BCUT2D eigenvalue weighted by Crippen LogP contribution is 2.23. The fraction of sp³-hybridized carbons (Fsp3) is 0.150. The Kier molecular flexibility index (Phi) is 5.24. The number of aliphatic hydroxyl groups excluding tert-OH is 1. The summed E-state index contributed by atoms with van der Waals surface area (Å²) in [7, 11) is 0. The molecule has 5 N–H and O–H groups in total. The van der Waals surface area contributed by atoms with Crippen LogP contribution in [0.5, 0.6) is 11.5 Å². The number of carbonyl (C=O) groups is 1. The van der Waals surface area contributed by atoms with Crippen molar-refractivity contribution in [3.8, 4) is 11.5 Å². The van der Waals surface area contributed by atoms with Crippen molar-refractivity contribution in [3.63, 3.8) is 0 Å². The number of aromatic amines is 1. The molecule has 0 atom stereocenters. The van der Waals surface area contributed by atoms with Crippen molar-refractivity contribution in [2.75, 3.05) is 6.54 Å². The first-order valence-electron chi connectivity index (χ1n) is 8.24. The van der Waals surface area contributed by atoms with E-state index in [-0.39, 0.29) is 24.0 Å². The minimum atomic E-state index is -0.264.